The molecule has 0 aliphatic rings. The molecule has 0 aliphatic heterocycles. The van der Waals surface area contributed by atoms with Crippen LogP contribution in [0, 0.1) is 6.92 Å². The van der Waals surface area contributed by atoms with Gasteiger partial charge in [0, 0.05) is 41.8 Å². The Morgan fingerprint density at radius 2 is 1.97 bits per heavy atom. The second-order valence-corrected chi connectivity index (χ2v) is 8.15. The van der Waals surface area contributed by atoms with Crippen LogP contribution in [0.5, 0.6) is 0 Å². The highest BCUT2D eigenvalue weighted by atomic mass is 16.5. The Morgan fingerprint density at radius 3 is 2.71 bits per heavy atom. The number of pyridine rings is 2. The summed E-state index contributed by atoms with van der Waals surface area (Å²) in [5.74, 6) is -0.222. The molecule has 0 radical (unpaired) electrons. The Hall–Kier alpha value is -3.58. The van der Waals surface area contributed by atoms with E-state index in [0.717, 1.165) is 51.3 Å². The van der Waals surface area contributed by atoms with E-state index in [4.69, 9.17) is 14.6 Å². The first-order valence-corrected chi connectivity index (χ1v) is 11.7. The molecule has 0 saturated carbocycles. The van der Waals surface area contributed by atoms with E-state index in [2.05, 4.69) is 35.1 Å². The smallest absolute Gasteiger partial charge is 0.306 e. The lowest BCUT2D eigenvalue weighted by Crippen LogP contribution is -2.13. The van der Waals surface area contributed by atoms with Gasteiger partial charge in [0.05, 0.1) is 36.7 Å². The Labute approximate surface area is 199 Å². The molecule has 7 nitrogen and oxygen atoms in total. The number of fused-ring (bicyclic) bond motifs is 1. The van der Waals surface area contributed by atoms with Crippen molar-refractivity contribution >= 4 is 11.5 Å². The largest absolute Gasteiger partial charge is 0.466 e. The molecule has 0 spiro atoms. The zero-order valence-electron chi connectivity index (χ0n) is 20.0. The molecule has 34 heavy (non-hydrogen) atoms. The molecule has 0 aliphatic carbocycles. The van der Waals surface area contributed by atoms with Gasteiger partial charge in [0.15, 0.2) is 0 Å². The third-order valence-corrected chi connectivity index (χ3v) is 5.69. The first-order chi connectivity index (χ1) is 16.6. The number of hydrogen-bond acceptors (Lipinski definition) is 6. The van der Waals surface area contributed by atoms with Crippen molar-refractivity contribution < 1.29 is 14.3 Å². The van der Waals surface area contributed by atoms with Crippen molar-refractivity contribution in [1.82, 2.24) is 19.6 Å². The number of carbonyl (C=O) groups is 1. The summed E-state index contributed by atoms with van der Waals surface area (Å²) in [6, 6.07) is 12.1. The van der Waals surface area contributed by atoms with Crippen molar-refractivity contribution in [3.8, 4) is 11.1 Å². The average Bonchev–Trinajstić information content (AvgIpc) is 3.25. The SMILES string of the molecule is CCOC(=O)CCc1c(COCc2ccccn2)nn2c(CC)ccc2c1-c1cncc(C)c1. The van der Waals surface area contributed by atoms with Gasteiger partial charge in [0.25, 0.3) is 0 Å². The van der Waals surface area contributed by atoms with Crippen molar-refractivity contribution in [1.29, 1.82) is 0 Å². The van der Waals surface area contributed by atoms with Crippen LogP contribution in [0.15, 0.2) is 55.0 Å². The Balaban J connectivity index is 1.79. The van der Waals surface area contributed by atoms with Gasteiger partial charge < -0.3 is 9.47 Å². The average molecular weight is 459 g/mol. The maximum Gasteiger partial charge on any atom is 0.306 e. The van der Waals surface area contributed by atoms with Crippen molar-refractivity contribution in [3.05, 3.63) is 83.2 Å². The van der Waals surface area contributed by atoms with Gasteiger partial charge in [0.2, 0.25) is 0 Å². The van der Waals surface area contributed by atoms with Crippen LogP contribution < -0.4 is 0 Å². The summed E-state index contributed by atoms with van der Waals surface area (Å²) in [7, 11) is 0. The molecule has 0 fully saturated rings. The van der Waals surface area contributed by atoms with E-state index in [1.807, 2.05) is 49.0 Å². The Bertz CT molecular complexity index is 1270. The van der Waals surface area contributed by atoms with Crippen molar-refractivity contribution in [3.63, 3.8) is 0 Å². The van der Waals surface area contributed by atoms with Crippen LogP contribution in [-0.2, 0) is 40.3 Å². The summed E-state index contributed by atoms with van der Waals surface area (Å²) in [6.07, 6.45) is 7.08. The van der Waals surface area contributed by atoms with E-state index in [1.54, 1.807) is 6.20 Å². The molecule has 0 unspecified atom stereocenters. The van der Waals surface area contributed by atoms with Crippen LogP contribution in [0.1, 0.15) is 48.5 Å². The number of aromatic nitrogens is 4. The number of nitrogens with zero attached hydrogens (tertiary/aromatic N) is 4. The summed E-state index contributed by atoms with van der Waals surface area (Å²) < 4.78 is 13.2. The third-order valence-electron chi connectivity index (χ3n) is 5.69. The molecule has 176 valence electrons. The van der Waals surface area contributed by atoms with Crippen LogP contribution in [0.2, 0.25) is 0 Å². The molecule has 4 aromatic rings. The standard InChI is InChI=1S/C27H30N4O3/c1-4-22-9-11-25-27(20-14-19(3)15-28-16-20)23(10-12-26(32)34-5-2)24(30-31(22)25)18-33-17-21-8-6-7-13-29-21/h6-9,11,13-16H,4-5,10,12,17-18H2,1-3H3. The lowest BCUT2D eigenvalue weighted by molar-refractivity contribution is -0.143. The Kier molecular flexibility index (Phi) is 7.65. The van der Waals surface area contributed by atoms with Gasteiger partial charge >= 0.3 is 5.97 Å². The van der Waals surface area contributed by atoms with Crippen LogP contribution in [0.25, 0.3) is 16.6 Å². The molecule has 0 atom stereocenters. The van der Waals surface area contributed by atoms with E-state index >= 15 is 0 Å². The van der Waals surface area contributed by atoms with Gasteiger partial charge in [-0.2, -0.15) is 5.10 Å². The topological polar surface area (TPSA) is 78.6 Å². The summed E-state index contributed by atoms with van der Waals surface area (Å²) in [4.78, 5) is 21.0. The minimum atomic E-state index is -0.222. The van der Waals surface area contributed by atoms with Gasteiger partial charge in [-0.25, -0.2) is 4.52 Å². The molecule has 0 aromatic carbocycles. The van der Waals surface area contributed by atoms with E-state index < -0.39 is 0 Å². The monoisotopic (exact) mass is 458 g/mol. The molecule has 0 bridgehead atoms. The molecule has 4 aromatic heterocycles. The van der Waals surface area contributed by atoms with Gasteiger partial charge in [0.1, 0.15) is 0 Å². The fourth-order valence-corrected chi connectivity index (χ4v) is 4.12. The first kappa shape index (κ1) is 23.6. The number of hydrogen-bond donors (Lipinski definition) is 0. The van der Waals surface area contributed by atoms with Gasteiger partial charge in [-0.1, -0.05) is 13.0 Å². The van der Waals surface area contributed by atoms with Crippen LogP contribution in [-0.4, -0.2) is 32.2 Å². The quantitative estimate of drug-likeness (QED) is 0.315. The lowest BCUT2D eigenvalue weighted by Gasteiger charge is -2.18. The highest BCUT2D eigenvalue weighted by Crippen LogP contribution is 2.33. The number of esters is 1. The number of ether oxygens (including phenoxy) is 2. The zero-order valence-corrected chi connectivity index (χ0v) is 20.0. The normalized spacial score (nSPS) is 11.1. The predicted octanol–water partition coefficient (Wildman–Crippen LogP) is 4.87. The zero-order chi connectivity index (χ0) is 23.9. The van der Waals surface area contributed by atoms with Crippen LogP contribution in [0.4, 0.5) is 0 Å². The number of aryl methyl sites for hydroxylation is 2. The number of rotatable bonds is 10. The summed E-state index contributed by atoms with van der Waals surface area (Å²) in [5, 5.41) is 4.97. The highest BCUT2D eigenvalue weighted by molar-refractivity contribution is 5.84. The van der Waals surface area contributed by atoms with Crippen molar-refractivity contribution in [2.24, 2.45) is 0 Å². The molecular weight excluding hydrogens is 428 g/mol. The van der Waals surface area contributed by atoms with E-state index in [9.17, 15) is 4.79 Å². The maximum absolute atomic E-state index is 12.2. The molecule has 7 heteroatoms. The second kappa shape index (κ2) is 11.0. The first-order valence-electron chi connectivity index (χ1n) is 11.7. The van der Waals surface area contributed by atoms with E-state index in [0.29, 0.717) is 26.2 Å². The maximum atomic E-state index is 12.2. The summed E-state index contributed by atoms with van der Waals surface area (Å²) in [6.45, 7) is 7.01. The van der Waals surface area contributed by atoms with E-state index in [-0.39, 0.29) is 12.4 Å². The minimum Gasteiger partial charge on any atom is -0.466 e. The third kappa shape index (κ3) is 5.31. The summed E-state index contributed by atoms with van der Waals surface area (Å²) in [5.41, 5.74) is 7.85. The second-order valence-electron chi connectivity index (χ2n) is 8.15. The molecular formula is C27H30N4O3. The van der Waals surface area contributed by atoms with E-state index in [1.165, 1.54) is 0 Å². The highest BCUT2D eigenvalue weighted by Gasteiger charge is 2.20. The minimum absolute atomic E-state index is 0.222. The molecule has 0 N–H and O–H groups in total. The molecule has 4 rings (SSSR count). The molecule has 4 heterocycles. The number of carbonyl (C=O) groups excluding carboxylic acids is 1. The Morgan fingerprint density at radius 1 is 1.09 bits per heavy atom. The van der Waals surface area contributed by atoms with Gasteiger partial charge in [-0.15, -0.1) is 0 Å². The molecule has 0 amide bonds. The summed E-state index contributed by atoms with van der Waals surface area (Å²) >= 11 is 0. The van der Waals surface area contributed by atoms with Gasteiger partial charge in [-0.3, -0.25) is 14.8 Å². The van der Waals surface area contributed by atoms with Crippen LogP contribution in [0.3, 0.4) is 0 Å². The fraction of sp³-hybridized carbons (Fsp3) is 0.333. The predicted molar refractivity (Wildman–Crippen MR) is 130 cm³/mol. The van der Waals surface area contributed by atoms with Crippen LogP contribution >= 0.6 is 0 Å². The van der Waals surface area contributed by atoms with Crippen molar-refractivity contribution in [2.45, 2.75) is 53.2 Å². The fourth-order valence-electron chi connectivity index (χ4n) is 4.12. The lowest BCUT2D eigenvalue weighted by atomic mass is 9.95. The van der Waals surface area contributed by atoms with Gasteiger partial charge in [-0.05, 0) is 68.1 Å². The molecule has 0 saturated heterocycles. The van der Waals surface area contributed by atoms with Crippen molar-refractivity contribution in [2.75, 3.05) is 6.61 Å².